The summed E-state index contributed by atoms with van der Waals surface area (Å²) in [6.45, 7) is 2.20. The molecule has 2 heterocycles. The maximum Gasteiger partial charge on any atom is 0.0180 e. The molecule has 1 aromatic rings. The van der Waals surface area contributed by atoms with Crippen LogP contribution >= 0.6 is 11.3 Å². The topological polar surface area (TPSA) is 12.0 Å². The first-order chi connectivity index (χ1) is 5.45. The van der Waals surface area contributed by atoms with Crippen LogP contribution in [0.2, 0.25) is 0 Å². The van der Waals surface area contributed by atoms with Crippen molar-refractivity contribution in [1.29, 1.82) is 0 Å². The van der Waals surface area contributed by atoms with E-state index in [9.17, 15) is 0 Å². The van der Waals surface area contributed by atoms with Gasteiger partial charge in [-0.15, -0.1) is 0 Å². The Hall–Kier alpha value is -0.600. The van der Waals surface area contributed by atoms with Crippen LogP contribution in [0.1, 0.15) is 5.56 Å². The van der Waals surface area contributed by atoms with E-state index in [2.05, 4.69) is 28.2 Å². The SMILES string of the molecule is C(Cc1ccsc1)=C1CNC1. The van der Waals surface area contributed by atoms with Crippen LogP contribution in [0.15, 0.2) is 28.5 Å². The second kappa shape index (κ2) is 3.20. The van der Waals surface area contributed by atoms with Crippen molar-refractivity contribution in [3.05, 3.63) is 34.0 Å². The van der Waals surface area contributed by atoms with Crippen molar-refractivity contribution < 1.29 is 0 Å². The summed E-state index contributed by atoms with van der Waals surface area (Å²) in [5.41, 5.74) is 2.99. The quantitative estimate of drug-likeness (QED) is 0.659. The fourth-order valence-electron chi connectivity index (χ4n) is 1.08. The van der Waals surface area contributed by atoms with Crippen LogP contribution in [0, 0.1) is 0 Å². The van der Waals surface area contributed by atoms with Crippen molar-refractivity contribution >= 4 is 11.3 Å². The van der Waals surface area contributed by atoms with E-state index < -0.39 is 0 Å². The van der Waals surface area contributed by atoms with E-state index in [4.69, 9.17) is 0 Å². The first-order valence-electron chi connectivity index (χ1n) is 3.85. The molecule has 0 bridgehead atoms. The van der Waals surface area contributed by atoms with Crippen molar-refractivity contribution in [3.63, 3.8) is 0 Å². The van der Waals surface area contributed by atoms with Crippen LogP contribution in [0.4, 0.5) is 0 Å². The Morgan fingerprint density at radius 3 is 3.00 bits per heavy atom. The minimum Gasteiger partial charge on any atom is -0.309 e. The highest BCUT2D eigenvalue weighted by atomic mass is 32.1. The second-order valence-corrected chi connectivity index (χ2v) is 3.58. The molecule has 1 fully saturated rings. The Bertz CT molecular complexity index is 243. The van der Waals surface area contributed by atoms with Gasteiger partial charge in [0.1, 0.15) is 0 Å². The highest BCUT2D eigenvalue weighted by molar-refractivity contribution is 7.07. The van der Waals surface area contributed by atoms with Gasteiger partial charge in [-0.05, 0) is 34.4 Å². The standard InChI is InChI=1S/C9H11NS/c1(2-9-5-10-6-9)8-3-4-11-7-8/h2-4,7,10H,1,5-6H2. The zero-order valence-corrected chi connectivity index (χ0v) is 7.16. The molecule has 2 rings (SSSR count). The number of nitrogens with one attached hydrogen (secondary N) is 1. The third-order valence-electron chi connectivity index (χ3n) is 1.91. The highest BCUT2D eigenvalue weighted by Gasteiger charge is 2.05. The molecule has 0 radical (unpaired) electrons. The van der Waals surface area contributed by atoms with Crippen molar-refractivity contribution in [1.82, 2.24) is 5.32 Å². The molecule has 58 valence electrons. The van der Waals surface area contributed by atoms with Gasteiger partial charge in [0, 0.05) is 13.1 Å². The Morgan fingerprint density at radius 2 is 2.45 bits per heavy atom. The fourth-order valence-corrected chi connectivity index (χ4v) is 1.77. The molecule has 0 spiro atoms. The summed E-state index contributed by atoms with van der Waals surface area (Å²) in [4.78, 5) is 0. The maximum atomic E-state index is 3.23. The number of hydrogen-bond acceptors (Lipinski definition) is 2. The molecular formula is C9H11NS. The van der Waals surface area contributed by atoms with E-state index in [-0.39, 0.29) is 0 Å². The van der Waals surface area contributed by atoms with Crippen molar-refractivity contribution in [2.45, 2.75) is 6.42 Å². The van der Waals surface area contributed by atoms with Crippen LogP contribution in [0.3, 0.4) is 0 Å². The average molecular weight is 165 g/mol. The molecule has 1 aromatic heterocycles. The highest BCUT2D eigenvalue weighted by Crippen LogP contribution is 2.09. The molecule has 0 saturated carbocycles. The lowest BCUT2D eigenvalue weighted by Crippen LogP contribution is -2.33. The summed E-state index contributed by atoms with van der Waals surface area (Å²) in [5, 5.41) is 7.57. The predicted molar refractivity (Wildman–Crippen MR) is 49.0 cm³/mol. The molecule has 1 aliphatic rings. The van der Waals surface area contributed by atoms with Gasteiger partial charge < -0.3 is 5.32 Å². The molecule has 1 aliphatic heterocycles. The Labute approximate surface area is 70.8 Å². The Kier molecular flexibility index (Phi) is 2.06. The van der Waals surface area contributed by atoms with Gasteiger partial charge in [-0.2, -0.15) is 11.3 Å². The second-order valence-electron chi connectivity index (χ2n) is 2.80. The molecule has 0 atom stereocenters. The Morgan fingerprint density at radius 1 is 1.55 bits per heavy atom. The van der Waals surface area contributed by atoms with Gasteiger partial charge in [0.2, 0.25) is 0 Å². The van der Waals surface area contributed by atoms with Crippen LogP contribution in [0.25, 0.3) is 0 Å². The first kappa shape index (κ1) is 7.07. The van der Waals surface area contributed by atoms with Crippen LogP contribution < -0.4 is 5.32 Å². The zero-order valence-electron chi connectivity index (χ0n) is 6.34. The number of thiophene rings is 1. The van der Waals surface area contributed by atoms with Crippen LogP contribution in [-0.4, -0.2) is 13.1 Å². The molecule has 11 heavy (non-hydrogen) atoms. The molecule has 0 amide bonds. The van der Waals surface area contributed by atoms with Crippen LogP contribution in [0.5, 0.6) is 0 Å². The molecular weight excluding hydrogens is 154 g/mol. The fraction of sp³-hybridized carbons (Fsp3) is 0.333. The van der Waals surface area contributed by atoms with Crippen LogP contribution in [-0.2, 0) is 6.42 Å². The molecule has 1 saturated heterocycles. The molecule has 1 N–H and O–H groups in total. The minimum atomic E-state index is 1.10. The first-order valence-corrected chi connectivity index (χ1v) is 4.79. The third-order valence-corrected chi connectivity index (χ3v) is 2.64. The smallest absolute Gasteiger partial charge is 0.0180 e. The monoisotopic (exact) mass is 165 g/mol. The van der Waals surface area contributed by atoms with Gasteiger partial charge in [-0.3, -0.25) is 0 Å². The van der Waals surface area contributed by atoms with Gasteiger partial charge in [0.25, 0.3) is 0 Å². The summed E-state index contributed by atoms with van der Waals surface area (Å²) < 4.78 is 0. The Balaban J connectivity index is 1.91. The molecule has 0 unspecified atom stereocenters. The third kappa shape index (κ3) is 1.70. The summed E-state index contributed by atoms with van der Waals surface area (Å²) in [6.07, 6.45) is 3.44. The van der Waals surface area contributed by atoms with Gasteiger partial charge >= 0.3 is 0 Å². The van der Waals surface area contributed by atoms with Gasteiger partial charge in [-0.25, -0.2) is 0 Å². The van der Waals surface area contributed by atoms with E-state index in [1.165, 1.54) is 5.56 Å². The van der Waals surface area contributed by atoms with Gasteiger partial charge in [0.05, 0.1) is 0 Å². The summed E-state index contributed by atoms with van der Waals surface area (Å²) in [5.74, 6) is 0. The van der Waals surface area contributed by atoms with E-state index in [0.29, 0.717) is 0 Å². The lowest BCUT2D eigenvalue weighted by atomic mass is 10.1. The maximum absolute atomic E-state index is 3.23. The zero-order chi connectivity index (χ0) is 7.52. The molecule has 0 aromatic carbocycles. The van der Waals surface area contributed by atoms with E-state index >= 15 is 0 Å². The number of rotatable bonds is 2. The summed E-state index contributed by atoms with van der Waals surface area (Å²) >= 11 is 1.77. The number of allylic oxidation sites excluding steroid dienone is 1. The van der Waals surface area contributed by atoms with Crippen molar-refractivity contribution in [2.75, 3.05) is 13.1 Å². The van der Waals surface area contributed by atoms with E-state index in [1.54, 1.807) is 16.9 Å². The van der Waals surface area contributed by atoms with Gasteiger partial charge in [0.15, 0.2) is 0 Å². The van der Waals surface area contributed by atoms with Crippen molar-refractivity contribution in [2.24, 2.45) is 0 Å². The predicted octanol–water partition coefficient (Wildman–Crippen LogP) is 1.82. The minimum absolute atomic E-state index is 1.10. The largest absolute Gasteiger partial charge is 0.309 e. The molecule has 1 nitrogen and oxygen atoms in total. The normalized spacial score (nSPS) is 16.2. The van der Waals surface area contributed by atoms with E-state index in [1.807, 2.05) is 0 Å². The molecule has 2 heteroatoms. The molecule has 0 aliphatic carbocycles. The summed E-state index contributed by atoms with van der Waals surface area (Å²) in [7, 11) is 0. The lowest BCUT2D eigenvalue weighted by molar-refractivity contribution is 0.664. The average Bonchev–Trinajstić information content (AvgIpc) is 2.36. The lowest BCUT2D eigenvalue weighted by Gasteiger charge is -2.18. The van der Waals surface area contributed by atoms with Gasteiger partial charge in [-0.1, -0.05) is 6.08 Å². The summed E-state index contributed by atoms with van der Waals surface area (Å²) in [6, 6.07) is 2.19. The number of hydrogen-bond donors (Lipinski definition) is 1. The van der Waals surface area contributed by atoms with Crippen molar-refractivity contribution in [3.8, 4) is 0 Å². The van der Waals surface area contributed by atoms with E-state index in [0.717, 1.165) is 19.5 Å².